The molecule has 1 heterocycles. The topological polar surface area (TPSA) is 119 Å². The highest BCUT2D eigenvalue weighted by molar-refractivity contribution is 7.99. The lowest BCUT2D eigenvalue weighted by Crippen LogP contribution is -2.44. The number of hydrogen-bond acceptors (Lipinski definition) is 6. The van der Waals surface area contributed by atoms with Crippen LogP contribution in [-0.4, -0.2) is 48.8 Å². The summed E-state index contributed by atoms with van der Waals surface area (Å²) < 4.78 is 27.4. The van der Waals surface area contributed by atoms with Crippen molar-refractivity contribution in [3.63, 3.8) is 0 Å². The van der Waals surface area contributed by atoms with Gasteiger partial charge in [0.25, 0.3) is 5.91 Å². The fourth-order valence-corrected chi connectivity index (χ4v) is 5.50. The van der Waals surface area contributed by atoms with E-state index in [2.05, 4.69) is 10.0 Å². The van der Waals surface area contributed by atoms with Crippen molar-refractivity contribution in [3.05, 3.63) is 59.7 Å². The van der Waals surface area contributed by atoms with E-state index in [1.807, 2.05) is 6.07 Å². The van der Waals surface area contributed by atoms with Gasteiger partial charge in [0.1, 0.15) is 6.04 Å². The van der Waals surface area contributed by atoms with E-state index in [0.29, 0.717) is 22.9 Å². The predicted octanol–water partition coefficient (Wildman–Crippen LogP) is 2.40. The number of amides is 2. The number of hydrogen-bond donors (Lipinski definition) is 2. The van der Waals surface area contributed by atoms with Crippen LogP contribution in [-0.2, 0) is 14.8 Å². The van der Waals surface area contributed by atoms with Crippen LogP contribution >= 0.6 is 11.8 Å². The molecule has 0 bridgehead atoms. The number of nitrogens with one attached hydrogen (secondary N) is 2. The number of benzene rings is 2. The molecule has 1 aliphatic heterocycles. The second-order valence-electron chi connectivity index (χ2n) is 7.27. The predicted molar refractivity (Wildman–Crippen MR) is 119 cm³/mol. The number of nitriles is 1. The van der Waals surface area contributed by atoms with Crippen molar-refractivity contribution in [1.82, 2.24) is 9.62 Å². The second kappa shape index (κ2) is 9.51. The molecule has 0 aromatic heterocycles. The standard InChI is InChI=1S/C21H22N4O4S2/c1-14(2)24-31(28,29)18-5-3-4-16(10-18)21(27)25-13-30-12-19(25)20(26)23-17-8-6-15(11-22)7-9-17/h3-10,14,19,24H,12-13H2,1-2H3,(H,23,26). The van der Waals surface area contributed by atoms with E-state index in [1.165, 1.54) is 40.9 Å². The van der Waals surface area contributed by atoms with Crippen LogP contribution in [0.1, 0.15) is 29.8 Å². The number of sulfonamides is 1. The maximum atomic E-state index is 13.1. The Bertz CT molecular complexity index is 1120. The fraction of sp³-hybridized carbons (Fsp3) is 0.286. The zero-order valence-electron chi connectivity index (χ0n) is 17.0. The molecule has 3 rings (SSSR count). The summed E-state index contributed by atoms with van der Waals surface area (Å²) in [6.07, 6.45) is 0. The van der Waals surface area contributed by atoms with Gasteiger partial charge in [0.05, 0.1) is 22.4 Å². The van der Waals surface area contributed by atoms with Crippen molar-refractivity contribution in [1.29, 1.82) is 5.26 Å². The minimum atomic E-state index is -3.74. The quantitative estimate of drug-likeness (QED) is 0.686. The van der Waals surface area contributed by atoms with E-state index in [1.54, 1.807) is 38.1 Å². The summed E-state index contributed by atoms with van der Waals surface area (Å²) in [5, 5.41) is 11.6. The zero-order valence-corrected chi connectivity index (χ0v) is 18.7. The van der Waals surface area contributed by atoms with Crippen LogP contribution < -0.4 is 10.0 Å². The Morgan fingerprint density at radius 1 is 1.19 bits per heavy atom. The average Bonchev–Trinajstić information content (AvgIpc) is 3.23. The molecule has 1 unspecified atom stereocenters. The van der Waals surface area contributed by atoms with Gasteiger partial charge >= 0.3 is 0 Å². The van der Waals surface area contributed by atoms with Crippen molar-refractivity contribution in [3.8, 4) is 6.07 Å². The smallest absolute Gasteiger partial charge is 0.255 e. The number of anilines is 1. The third-order valence-electron chi connectivity index (χ3n) is 4.51. The molecular weight excluding hydrogens is 436 g/mol. The summed E-state index contributed by atoms with van der Waals surface area (Å²) in [6, 6.07) is 13.3. The summed E-state index contributed by atoms with van der Waals surface area (Å²) in [4.78, 5) is 27.3. The molecular formula is C21H22N4O4S2. The highest BCUT2D eigenvalue weighted by Gasteiger charge is 2.35. The summed E-state index contributed by atoms with van der Waals surface area (Å²) in [5.74, 6) is 0.00610. The molecule has 162 valence electrons. The Labute approximate surface area is 185 Å². The maximum Gasteiger partial charge on any atom is 0.255 e. The van der Waals surface area contributed by atoms with Crippen molar-refractivity contribution in [2.75, 3.05) is 16.9 Å². The molecule has 0 radical (unpaired) electrons. The van der Waals surface area contributed by atoms with Gasteiger partial charge in [-0.05, 0) is 56.3 Å². The fourth-order valence-electron chi connectivity index (χ4n) is 3.05. The lowest BCUT2D eigenvalue weighted by Gasteiger charge is -2.23. The van der Waals surface area contributed by atoms with Gasteiger partial charge in [-0.25, -0.2) is 13.1 Å². The first kappa shape index (κ1) is 22.8. The van der Waals surface area contributed by atoms with Crippen molar-refractivity contribution in [2.24, 2.45) is 0 Å². The van der Waals surface area contributed by atoms with Crippen LogP contribution in [0.3, 0.4) is 0 Å². The number of carbonyl (C=O) groups is 2. The SMILES string of the molecule is CC(C)NS(=O)(=O)c1cccc(C(=O)N2CSCC2C(=O)Nc2ccc(C#N)cc2)c1. The minimum absolute atomic E-state index is 0.00233. The molecule has 1 aliphatic rings. The molecule has 8 nitrogen and oxygen atoms in total. The summed E-state index contributed by atoms with van der Waals surface area (Å²) >= 11 is 1.45. The largest absolute Gasteiger partial charge is 0.324 e. The van der Waals surface area contributed by atoms with Crippen molar-refractivity contribution < 1.29 is 18.0 Å². The second-order valence-corrected chi connectivity index (χ2v) is 9.99. The molecule has 2 aromatic carbocycles. The lowest BCUT2D eigenvalue weighted by molar-refractivity contribution is -0.119. The van der Waals surface area contributed by atoms with E-state index in [4.69, 9.17) is 5.26 Å². The first-order valence-electron chi connectivity index (χ1n) is 9.53. The molecule has 2 N–H and O–H groups in total. The van der Waals surface area contributed by atoms with Gasteiger partial charge in [0.15, 0.2) is 0 Å². The highest BCUT2D eigenvalue weighted by atomic mass is 32.2. The minimum Gasteiger partial charge on any atom is -0.324 e. The molecule has 1 saturated heterocycles. The van der Waals surface area contributed by atoms with E-state index in [-0.39, 0.29) is 22.4 Å². The molecule has 1 atom stereocenters. The van der Waals surface area contributed by atoms with Gasteiger partial charge in [-0.3, -0.25) is 9.59 Å². The average molecular weight is 459 g/mol. The van der Waals surface area contributed by atoms with Crippen LogP contribution in [0.4, 0.5) is 5.69 Å². The number of rotatable bonds is 6. The Morgan fingerprint density at radius 2 is 1.90 bits per heavy atom. The van der Waals surface area contributed by atoms with Gasteiger partial charge in [-0.2, -0.15) is 5.26 Å². The molecule has 31 heavy (non-hydrogen) atoms. The molecule has 10 heteroatoms. The lowest BCUT2D eigenvalue weighted by atomic mass is 10.1. The number of carbonyl (C=O) groups excluding carboxylic acids is 2. The third kappa shape index (κ3) is 5.44. The van der Waals surface area contributed by atoms with Gasteiger partial charge in [0.2, 0.25) is 15.9 Å². The Hall–Kier alpha value is -2.87. The van der Waals surface area contributed by atoms with Crippen molar-refractivity contribution in [2.45, 2.75) is 30.8 Å². The van der Waals surface area contributed by atoms with E-state index < -0.39 is 22.0 Å². The van der Waals surface area contributed by atoms with E-state index in [0.717, 1.165) is 0 Å². The number of nitrogens with zero attached hydrogens (tertiary/aromatic N) is 2. The van der Waals surface area contributed by atoms with Gasteiger partial charge in [0, 0.05) is 23.0 Å². The monoisotopic (exact) mass is 458 g/mol. The molecule has 2 amide bonds. The van der Waals surface area contributed by atoms with Crippen LogP contribution in [0.25, 0.3) is 0 Å². The Balaban J connectivity index is 1.77. The molecule has 0 spiro atoms. The number of thioether (sulfide) groups is 1. The van der Waals surface area contributed by atoms with Crippen molar-refractivity contribution >= 4 is 39.3 Å². The summed E-state index contributed by atoms with van der Waals surface area (Å²) in [5.41, 5.74) is 1.21. The van der Waals surface area contributed by atoms with Gasteiger partial charge in [-0.1, -0.05) is 6.07 Å². The first-order chi connectivity index (χ1) is 14.7. The maximum absolute atomic E-state index is 13.1. The summed E-state index contributed by atoms with van der Waals surface area (Å²) in [7, 11) is -3.74. The first-order valence-corrected chi connectivity index (χ1v) is 12.2. The Kier molecular flexibility index (Phi) is 7.00. The molecule has 0 aliphatic carbocycles. The van der Waals surface area contributed by atoms with E-state index in [9.17, 15) is 18.0 Å². The molecule has 2 aromatic rings. The molecule has 1 fully saturated rings. The normalized spacial score (nSPS) is 16.2. The third-order valence-corrected chi connectivity index (χ3v) is 7.18. The van der Waals surface area contributed by atoms with Crippen LogP contribution in [0, 0.1) is 11.3 Å². The van der Waals surface area contributed by atoms with Gasteiger partial charge < -0.3 is 10.2 Å². The Morgan fingerprint density at radius 3 is 2.55 bits per heavy atom. The molecule has 0 saturated carbocycles. The highest BCUT2D eigenvalue weighted by Crippen LogP contribution is 2.25. The van der Waals surface area contributed by atoms with Crippen LogP contribution in [0.5, 0.6) is 0 Å². The van der Waals surface area contributed by atoms with Crippen LogP contribution in [0.2, 0.25) is 0 Å². The zero-order chi connectivity index (χ0) is 22.6. The van der Waals surface area contributed by atoms with Crippen LogP contribution in [0.15, 0.2) is 53.4 Å². The summed E-state index contributed by atoms with van der Waals surface area (Å²) in [6.45, 7) is 3.43. The van der Waals surface area contributed by atoms with E-state index >= 15 is 0 Å². The van der Waals surface area contributed by atoms with Gasteiger partial charge in [-0.15, -0.1) is 11.8 Å².